The number of nitrogens with zero attached hydrogens (tertiary/aromatic N) is 3. The number of aliphatic hydroxyl groups is 1. The van der Waals surface area contributed by atoms with Gasteiger partial charge in [-0.15, -0.1) is 0 Å². The summed E-state index contributed by atoms with van der Waals surface area (Å²) in [5.41, 5.74) is 3.25. The predicted molar refractivity (Wildman–Crippen MR) is 113 cm³/mol. The highest BCUT2D eigenvalue weighted by Crippen LogP contribution is 2.29. The number of hydrogen-bond donors (Lipinski definition) is 2. The van der Waals surface area contributed by atoms with Crippen LogP contribution in [0.15, 0.2) is 60.9 Å². The summed E-state index contributed by atoms with van der Waals surface area (Å²) in [6.07, 6.45) is 4.82. The number of aryl methyl sites for hydroxylation is 1. The Labute approximate surface area is 172 Å². The van der Waals surface area contributed by atoms with Crippen LogP contribution >= 0.6 is 11.6 Å². The topological polar surface area (TPSA) is 70.9 Å². The fraction of sp³-hybridized carbons (Fsp3) is 0.136. The summed E-state index contributed by atoms with van der Waals surface area (Å²) in [4.78, 5) is 13.5. The Balaban J connectivity index is 1.83. The van der Waals surface area contributed by atoms with Crippen molar-refractivity contribution in [2.75, 3.05) is 11.9 Å². The summed E-state index contributed by atoms with van der Waals surface area (Å²) >= 11 is 5.93. The molecule has 0 saturated carbocycles. The molecule has 0 fully saturated rings. The molecular weight excluding hydrogens is 391 g/mol. The van der Waals surface area contributed by atoms with E-state index in [1.807, 2.05) is 30.3 Å². The second kappa shape index (κ2) is 8.51. The number of halogens is 2. The number of nitrogens with one attached hydrogen (secondary N) is 1. The maximum Gasteiger partial charge on any atom is 0.163 e. The molecule has 4 rings (SSSR count). The van der Waals surface area contributed by atoms with Gasteiger partial charge in [0.25, 0.3) is 0 Å². The maximum absolute atomic E-state index is 13.5. The molecule has 0 aliphatic carbocycles. The van der Waals surface area contributed by atoms with Gasteiger partial charge in [0, 0.05) is 35.6 Å². The molecule has 4 aromatic rings. The molecule has 2 aromatic heterocycles. The van der Waals surface area contributed by atoms with Crippen molar-refractivity contribution in [2.45, 2.75) is 12.8 Å². The fourth-order valence-electron chi connectivity index (χ4n) is 3.04. The summed E-state index contributed by atoms with van der Waals surface area (Å²) in [5, 5.41) is 13.2. The van der Waals surface area contributed by atoms with E-state index in [2.05, 4.69) is 15.3 Å². The van der Waals surface area contributed by atoms with Crippen LogP contribution in [0.25, 0.3) is 22.3 Å². The Morgan fingerprint density at radius 1 is 1.07 bits per heavy atom. The summed E-state index contributed by atoms with van der Waals surface area (Å²) in [6.45, 7) is 0.133. The molecule has 0 radical (unpaired) electrons. The highest BCUT2D eigenvalue weighted by Gasteiger charge is 2.12. The van der Waals surface area contributed by atoms with Gasteiger partial charge in [-0.1, -0.05) is 17.7 Å². The highest BCUT2D eigenvalue weighted by molar-refractivity contribution is 6.31. The third kappa shape index (κ3) is 4.34. The second-order valence-corrected chi connectivity index (χ2v) is 6.98. The molecule has 0 amide bonds. The van der Waals surface area contributed by atoms with Gasteiger partial charge in [-0.3, -0.25) is 4.98 Å². The van der Waals surface area contributed by atoms with Crippen molar-refractivity contribution in [2.24, 2.45) is 0 Å². The van der Waals surface area contributed by atoms with E-state index in [0.29, 0.717) is 23.8 Å². The minimum Gasteiger partial charge on any atom is -0.396 e. The SMILES string of the molecule is OCCCc1ccc2nc(-c3cccnc3)nc(Nc3ccc(F)c(Cl)c3)c2c1. The Morgan fingerprint density at radius 2 is 1.97 bits per heavy atom. The zero-order valence-corrected chi connectivity index (χ0v) is 16.2. The summed E-state index contributed by atoms with van der Waals surface area (Å²) in [6, 6.07) is 14.1. The van der Waals surface area contributed by atoms with Gasteiger partial charge in [0.2, 0.25) is 0 Å². The van der Waals surface area contributed by atoms with Crippen LogP contribution in [0.2, 0.25) is 5.02 Å². The first-order valence-electron chi connectivity index (χ1n) is 9.18. The van der Waals surface area contributed by atoms with Crippen LogP contribution in [0, 0.1) is 5.82 Å². The number of benzene rings is 2. The number of hydrogen-bond acceptors (Lipinski definition) is 5. The van der Waals surface area contributed by atoms with Crippen molar-refractivity contribution in [1.29, 1.82) is 0 Å². The van der Waals surface area contributed by atoms with Gasteiger partial charge in [0.05, 0.1) is 10.5 Å². The van der Waals surface area contributed by atoms with E-state index in [9.17, 15) is 4.39 Å². The molecule has 0 spiro atoms. The quantitative estimate of drug-likeness (QED) is 0.461. The molecule has 0 aliphatic rings. The van der Waals surface area contributed by atoms with E-state index in [0.717, 1.165) is 28.5 Å². The van der Waals surface area contributed by atoms with Crippen molar-refractivity contribution >= 4 is 34.0 Å². The molecule has 146 valence electrons. The normalized spacial score (nSPS) is 11.0. The van der Waals surface area contributed by atoms with E-state index in [4.69, 9.17) is 21.7 Å². The smallest absolute Gasteiger partial charge is 0.163 e. The summed E-state index contributed by atoms with van der Waals surface area (Å²) < 4.78 is 13.5. The Hall–Kier alpha value is -3.09. The molecule has 2 aromatic carbocycles. The van der Waals surface area contributed by atoms with Crippen molar-refractivity contribution in [3.63, 3.8) is 0 Å². The minimum atomic E-state index is -0.480. The molecule has 2 N–H and O–H groups in total. The molecule has 7 heteroatoms. The molecule has 29 heavy (non-hydrogen) atoms. The van der Waals surface area contributed by atoms with Crippen LogP contribution in [-0.4, -0.2) is 26.7 Å². The lowest BCUT2D eigenvalue weighted by Crippen LogP contribution is -2.01. The van der Waals surface area contributed by atoms with Crippen molar-refractivity contribution in [3.8, 4) is 11.4 Å². The molecule has 5 nitrogen and oxygen atoms in total. The number of fused-ring (bicyclic) bond motifs is 1. The Morgan fingerprint density at radius 3 is 2.72 bits per heavy atom. The Bertz CT molecular complexity index is 1150. The van der Waals surface area contributed by atoms with Gasteiger partial charge in [-0.2, -0.15) is 0 Å². The zero-order chi connectivity index (χ0) is 20.2. The van der Waals surface area contributed by atoms with E-state index < -0.39 is 5.82 Å². The largest absolute Gasteiger partial charge is 0.396 e. The van der Waals surface area contributed by atoms with E-state index in [1.165, 1.54) is 12.1 Å². The monoisotopic (exact) mass is 408 g/mol. The number of rotatable bonds is 6. The van der Waals surface area contributed by atoms with Crippen LogP contribution in [0.3, 0.4) is 0 Å². The first-order chi connectivity index (χ1) is 14.1. The number of pyridine rings is 1. The predicted octanol–water partition coefficient (Wildman–Crippen LogP) is 5.15. The van der Waals surface area contributed by atoms with Crippen LogP contribution < -0.4 is 5.32 Å². The average Bonchev–Trinajstić information content (AvgIpc) is 2.75. The van der Waals surface area contributed by atoms with Gasteiger partial charge in [0.15, 0.2) is 5.82 Å². The van der Waals surface area contributed by atoms with Gasteiger partial charge >= 0.3 is 0 Å². The van der Waals surface area contributed by atoms with Crippen molar-refractivity contribution < 1.29 is 9.50 Å². The molecule has 0 saturated heterocycles. The van der Waals surface area contributed by atoms with E-state index in [1.54, 1.807) is 18.5 Å². The van der Waals surface area contributed by atoms with Gasteiger partial charge in [-0.05, 0) is 60.9 Å². The van der Waals surface area contributed by atoms with Crippen LogP contribution in [-0.2, 0) is 6.42 Å². The Kier molecular flexibility index (Phi) is 5.64. The van der Waals surface area contributed by atoms with Crippen LogP contribution in [0.1, 0.15) is 12.0 Å². The molecule has 2 heterocycles. The average molecular weight is 409 g/mol. The lowest BCUT2D eigenvalue weighted by atomic mass is 10.1. The second-order valence-electron chi connectivity index (χ2n) is 6.57. The molecule has 0 unspecified atom stereocenters. The molecular formula is C22H18ClFN4O. The maximum atomic E-state index is 13.5. The minimum absolute atomic E-state index is 0.0319. The third-order valence-corrected chi connectivity index (χ3v) is 4.78. The fourth-order valence-corrected chi connectivity index (χ4v) is 3.22. The summed E-state index contributed by atoms with van der Waals surface area (Å²) in [5.74, 6) is 0.638. The zero-order valence-electron chi connectivity index (χ0n) is 15.4. The molecule has 0 atom stereocenters. The van der Waals surface area contributed by atoms with Gasteiger partial charge < -0.3 is 10.4 Å². The standard InChI is InChI=1S/C22H18ClFN4O/c23-18-12-16(6-7-19(18)24)26-22-17-11-14(3-2-10-29)5-8-20(17)27-21(28-22)15-4-1-9-25-13-15/h1,4-9,11-13,29H,2-3,10H2,(H,26,27,28). The number of aromatic nitrogens is 3. The van der Waals surface area contributed by atoms with E-state index >= 15 is 0 Å². The van der Waals surface area contributed by atoms with Gasteiger partial charge in [-0.25, -0.2) is 14.4 Å². The number of aliphatic hydroxyl groups excluding tert-OH is 1. The van der Waals surface area contributed by atoms with Gasteiger partial charge in [0.1, 0.15) is 11.6 Å². The number of anilines is 2. The van der Waals surface area contributed by atoms with Crippen molar-refractivity contribution in [1.82, 2.24) is 15.0 Å². The lowest BCUT2D eigenvalue weighted by molar-refractivity contribution is 0.288. The summed E-state index contributed by atoms with van der Waals surface area (Å²) in [7, 11) is 0. The first kappa shape index (κ1) is 19.2. The molecule has 0 bridgehead atoms. The van der Waals surface area contributed by atoms with Crippen LogP contribution in [0.5, 0.6) is 0 Å². The molecule has 0 aliphatic heterocycles. The van der Waals surface area contributed by atoms with Crippen LogP contribution in [0.4, 0.5) is 15.9 Å². The lowest BCUT2D eigenvalue weighted by Gasteiger charge is -2.12. The third-order valence-electron chi connectivity index (χ3n) is 4.49. The van der Waals surface area contributed by atoms with Crippen molar-refractivity contribution in [3.05, 3.63) is 77.3 Å². The van der Waals surface area contributed by atoms with E-state index in [-0.39, 0.29) is 11.6 Å². The highest BCUT2D eigenvalue weighted by atomic mass is 35.5. The first-order valence-corrected chi connectivity index (χ1v) is 9.56.